The smallest absolute Gasteiger partial charge is 0.247 e. The number of carbonyl (C=O) groups excluding carboxylic acids is 1. The number of fused-ring (bicyclic) bond motifs is 2. The third-order valence-electron chi connectivity index (χ3n) is 5.09. The Morgan fingerprint density at radius 1 is 1.32 bits per heavy atom. The lowest BCUT2D eigenvalue weighted by Gasteiger charge is -2.20. The molecule has 114 valence electrons. The fourth-order valence-corrected chi connectivity index (χ4v) is 4.11. The molecule has 2 bridgehead atoms. The van der Waals surface area contributed by atoms with E-state index in [0.717, 1.165) is 23.1 Å². The van der Waals surface area contributed by atoms with Crippen LogP contribution in [0.15, 0.2) is 35.1 Å². The molecule has 5 heteroatoms. The monoisotopic (exact) mass is 297 g/mol. The number of aromatic nitrogens is 2. The molecule has 1 aromatic carbocycles. The van der Waals surface area contributed by atoms with Crippen LogP contribution in [-0.2, 0) is 4.79 Å². The predicted octanol–water partition coefficient (Wildman–Crippen LogP) is 3.50. The lowest BCUT2D eigenvalue weighted by molar-refractivity contribution is -0.117. The van der Waals surface area contributed by atoms with Crippen LogP contribution < -0.4 is 5.32 Å². The van der Waals surface area contributed by atoms with Crippen LogP contribution in [0.1, 0.15) is 32.1 Å². The van der Waals surface area contributed by atoms with Crippen LogP contribution >= 0.6 is 0 Å². The normalized spacial score (nSPS) is 26.3. The molecule has 0 radical (unpaired) electrons. The van der Waals surface area contributed by atoms with Gasteiger partial charge in [-0.15, -0.1) is 10.2 Å². The average molecular weight is 297 g/mol. The number of hydrogen-bond donors (Lipinski definition) is 1. The molecule has 2 aliphatic carbocycles. The zero-order valence-electron chi connectivity index (χ0n) is 12.4. The standard InChI is InChI=1S/C17H19N3O2/c21-16(9-14-7-11-4-5-12(14)6-11)19-15-3-1-2-13(8-15)17-20-18-10-22-17/h1-3,8,10-12,14H,4-7,9H2,(H,19,21)/t11-,12-,14+/m0/s1. The van der Waals surface area contributed by atoms with E-state index < -0.39 is 0 Å². The summed E-state index contributed by atoms with van der Waals surface area (Å²) in [5.74, 6) is 2.81. The number of anilines is 1. The van der Waals surface area contributed by atoms with Crippen LogP contribution in [-0.4, -0.2) is 16.1 Å². The van der Waals surface area contributed by atoms with Gasteiger partial charge in [0.1, 0.15) is 0 Å². The van der Waals surface area contributed by atoms with Crippen LogP contribution in [0, 0.1) is 17.8 Å². The van der Waals surface area contributed by atoms with Gasteiger partial charge in [0, 0.05) is 17.7 Å². The van der Waals surface area contributed by atoms with Gasteiger partial charge in [0.2, 0.25) is 18.2 Å². The molecule has 2 aliphatic rings. The molecular weight excluding hydrogens is 278 g/mol. The van der Waals surface area contributed by atoms with Crippen LogP contribution in [0.5, 0.6) is 0 Å². The van der Waals surface area contributed by atoms with Crippen molar-refractivity contribution in [2.45, 2.75) is 32.1 Å². The Morgan fingerprint density at radius 2 is 2.27 bits per heavy atom. The first-order valence-corrected chi connectivity index (χ1v) is 7.94. The Balaban J connectivity index is 1.40. The number of benzene rings is 1. The lowest BCUT2D eigenvalue weighted by atomic mass is 9.86. The molecule has 1 heterocycles. The Kier molecular flexibility index (Phi) is 3.41. The fraction of sp³-hybridized carbons (Fsp3) is 0.471. The van der Waals surface area contributed by atoms with Gasteiger partial charge in [0.15, 0.2) is 0 Å². The molecule has 1 N–H and O–H groups in total. The molecule has 2 saturated carbocycles. The van der Waals surface area contributed by atoms with E-state index in [1.54, 1.807) is 0 Å². The topological polar surface area (TPSA) is 68.0 Å². The highest BCUT2D eigenvalue weighted by Crippen LogP contribution is 2.49. The second-order valence-corrected chi connectivity index (χ2v) is 6.51. The van der Waals surface area contributed by atoms with E-state index in [9.17, 15) is 4.79 Å². The second kappa shape index (κ2) is 5.55. The molecular formula is C17H19N3O2. The Hall–Kier alpha value is -2.17. The number of nitrogens with one attached hydrogen (secondary N) is 1. The zero-order chi connectivity index (χ0) is 14.9. The van der Waals surface area contributed by atoms with Gasteiger partial charge < -0.3 is 9.73 Å². The molecule has 0 spiro atoms. The minimum absolute atomic E-state index is 0.111. The van der Waals surface area contributed by atoms with E-state index in [0.29, 0.717) is 18.2 Å². The van der Waals surface area contributed by atoms with Gasteiger partial charge >= 0.3 is 0 Å². The third kappa shape index (κ3) is 2.63. The van der Waals surface area contributed by atoms with Crippen molar-refractivity contribution in [3.05, 3.63) is 30.7 Å². The molecule has 0 saturated heterocycles. The first-order valence-electron chi connectivity index (χ1n) is 7.94. The highest BCUT2D eigenvalue weighted by atomic mass is 16.4. The van der Waals surface area contributed by atoms with Crippen molar-refractivity contribution in [2.24, 2.45) is 17.8 Å². The van der Waals surface area contributed by atoms with Crippen LogP contribution in [0.3, 0.4) is 0 Å². The van der Waals surface area contributed by atoms with Crippen molar-refractivity contribution < 1.29 is 9.21 Å². The van der Waals surface area contributed by atoms with Gasteiger partial charge in [-0.25, -0.2) is 0 Å². The molecule has 0 aliphatic heterocycles. The van der Waals surface area contributed by atoms with E-state index in [-0.39, 0.29) is 5.91 Å². The number of hydrogen-bond acceptors (Lipinski definition) is 4. The molecule has 1 amide bonds. The van der Waals surface area contributed by atoms with Crippen molar-refractivity contribution in [2.75, 3.05) is 5.32 Å². The molecule has 2 fully saturated rings. The van der Waals surface area contributed by atoms with Crippen molar-refractivity contribution in [3.8, 4) is 11.5 Å². The molecule has 5 nitrogen and oxygen atoms in total. The number of rotatable bonds is 4. The zero-order valence-corrected chi connectivity index (χ0v) is 12.4. The summed E-state index contributed by atoms with van der Waals surface area (Å²) in [6, 6.07) is 7.52. The quantitative estimate of drug-likeness (QED) is 0.937. The van der Waals surface area contributed by atoms with E-state index in [2.05, 4.69) is 15.5 Å². The molecule has 22 heavy (non-hydrogen) atoms. The van der Waals surface area contributed by atoms with E-state index in [4.69, 9.17) is 4.42 Å². The summed E-state index contributed by atoms with van der Waals surface area (Å²) < 4.78 is 5.19. The van der Waals surface area contributed by atoms with Crippen molar-refractivity contribution >= 4 is 11.6 Å². The number of nitrogens with zero attached hydrogens (tertiary/aromatic N) is 2. The fourth-order valence-electron chi connectivity index (χ4n) is 4.11. The van der Waals surface area contributed by atoms with Crippen molar-refractivity contribution in [1.82, 2.24) is 10.2 Å². The summed E-state index contributed by atoms with van der Waals surface area (Å²) in [6.07, 6.45) is 7.21. The highest BCUT2D eigenvalue weighted by molar-refractivity contribution is 5.91. The summed E-state index contributed by atoms with van der Waals surface area (Å²) >= 11 is 0. The van der Waals surface area contributed by atoms with Crippen LogP contribution in [0.25, 0.3) is 11.5 Å². The van der Waals surface area contributed by atoms with Crippen LogP contribution in [0.2, 0.25) is 0 Å². The largest absolute Gasteiger partial charge is 0.423 e. The lowest BCUT2D eigenvalue weighted by Crippen LogP contribution is -2.20. The van der Waals surface area contributed by atoms with Gasteiger partial charge in [-0.3, -0.25) is 4.79 Å². The maximum absolute atomic E-state index is 12.3. The minimum Gasteiger partial charge on any atom is -0.423 e. The second-order valence-electron chi connectivity index (χ2n) is 6.51. The minimum atomic E-state index is 0.111. The van der Waals surface area contributed by atoms with Gasteiger partial charge in [-0.2, -0.15) is 0 Å². The molecule has 2 aromatic rings. The molecule has 4 rings (SSSR count). The average Bonchev–Trinajstić information content (AvgIpc) is 3.25. The number of carbonyl (C=O) groups is 1. The Morgan fingerprint density at radius 3 is 3.00 bits per heavy atom. The predicted molar refractivity (Wildman–Crippen MR) is 81.9 cm³/mol. The van der Waals surface area contributed by atoms with Gasteiger partial charge in [-0.1, -0.05) is 12.5 Å². The Bertz CT molecular complexity index is 668. The van der Waals surface area contributed by atoms with Gasteiger partial charge in [0.25, 0.3) is 0 Å². The van der Waals surface area contributed by atoms with E-state index in [1.165, 1.54) is 32.1 Å². The maximum atomic E-state index is 12.3. The number of amides is 1. The van der Waals surface area contributed by atoms with Gasteiger partial charge in [-0.05, 0) is 55.2 Å². The van der Waals surface area contributed by atoms with Crippen molar-refractivity contribution in [3.63, 3.8) is 0 Å². The first-order chi connectivity index (χ1) is 10.8. The molecule has 1 aromatic heterocycles. The highest BCUT2D eigenvalue weighted by Gasteiger charge is 2.40. The van der Waals surface area contributed by atoms with Gasteiger partial charge in [0.05, 0.1) is 0 Å². The third-order valence-corrected chi connectivity index (χ3v) is 5.09. The Labute approximate surface area is 129 Å². The maximum Gasteiger partial charge on any atom is 0.247 e. The molecule has 0 unspecified atom stereocenters. The summed E-state index contributed by atoms with van der Waals surface area (Å²) in [5, 5.41) is 10.6. The summed E-state index contributed by atoms with van der Waals surface area (Å²) in [6.45, 7) is 0. The summed E-state index contributed by atoms with van der Waals surface area (Å²) in [5.41, 5.74) is 1.60. The van der Waals surface area contributed by atoms with E-state index in [1.807, 2.05) is 24.3 Å². The van der Waals surface area contributed by atoms with E-state index >= 15 is 0 Å². The SMILES string of the molecule is O=C(C[C@H]1C[C@H]2CC[C@H]1C2)Nc1cccc(-c2nnco2)c1. The summed E-state index contributed by atoms with van der Waals surface area (Å²) in [7, 11) is 0. The van der Waals surface area contributed by atoms with Crippen LogP contribution in [0.4, 0.5) is 5.69 Å². The van der Waals surface area contributed by atoms with Crippen molar-refractivity contribution in [1.29, 1.82) is 0 Å². The summed E-state index contributed by atoms with van der Waals surface area (Å²) in [4.78, 5) is 12.3. The first kappa shape index (κ1) is 13.5. The molecule has 3 atom stereocenters.